The van der Waals surface area contributed by atoms with Crippen LogP contribution in [0.3, 0.4) is 0 Å². The van der Waals surface area contributed by atoms with Crippen molar-refractivity contribution in [2.45, 2.75) is 50.3 Å². The summed E-state index contributed by atoms with van der Waals surface area (Å²) in [7, 11) is -4.29. The molecule has 0 saturated carbocycles. The van der Waals surface area contributed by atoms with Crippen LogP contribution in [0.4, 0.5) is 0 Å². The third-order valence-electron chi connectivity index (χ3n) is 3.92. The summed E-state index contributed by atoms with van der Waals surface area (Å²) in [6.45, 7) is 2.18. The van der Waals surface area contributed by atoms with E-state index in [2.05, 4.69) is 6.92 Å². The first-order valence-corrected chi connectivity index (χ1v) is 9.91. The average Bonchev–Trinajstić information content (AvgIpc) is 2.56. The maximum absolute atomic E-state index is 11.2. The molecule has 0 heterocycles. The van der Waals surface area contributed by atoms with Gasteiger partial charge in [-0.1, -0.05) is 44.7 Å². The van der Waals surface area contributed by atoms with E-state index in [9.17, 15) is 13.5 Å². The molecule has 2 rings (SSSR count). The number of aryl methyl sites for hydroxylation is 1. The standard InChI is InChI=1S/C19H24O5S/c1-2-3-4-5-6-8-15-11-12-19(18(20)13-15)24-16-9-7-10-17(14-16)25(21,22)23/h7,9-14,20H,2-6,8H2,1H3,(H,21,22,23). The summed E-state index contributed by atoms with van der Waals surface area (Å²) in [6, 6.07) is 10.7. The van der Waals surface area contributed by atoms with E-state index in [1.807, 2.05) is 6.07 Å². The number of unbranched alkanes of at least 4 members (excludes halogenated alkanes) is 4. The van der Waals surface area contributed by atoms with Crippen molar-refractivity contribution >= 4 is 10.1 Å². The molecule has 0 atom stereocenters. The smallest absolute Gasteiger partial charge is 0.294 e. The van der Waals surface area contributed by atoms with Gasteiger partial charge in [0.25, 0.3) is 10.1 Å². The van der Waals surface area contributed by atoms with Crippen LogP contribution in [0.5, 0.6) is 17.2 Å². The van der Waals surface area contributed by atoms with Gasteiger partial charge in [0.05, 0.1) is 4.90 Å². The van der Waals surface area contributed by atoms with Crippen molar-refractivity contribution in [2.75, 3.05) is 0 Å². The monoisotopic (exact) mass is 364 g/mol. The molecule has 136 valence electrons. The van der Waals surface area contributed by atoms with Crippen LogP contribution in [-0.2, 0) is 16.5 Å². The zero-order valence-electron chi connectivity index (χ0n) is 14.3. The van der Waals surface area contributed by atoms with E-state index >= 15 is 0 Å². The van der Waals surface area contributed by atoms with Crippen LogP contribution in [0.2, 0.25) is 0 Å². The Morgan fingerprint density at radius 2 is 1.76 bits per heavy atom. The first-order chi connectivity index (χ1) is 11.9. The topological polar surface area (TPSA) is 83.8 Å². The van der Waals surface area contributed by atoms with Gasteiger partial charge in [0, 0.05) is 6.07 Å². The highest BCUT2D eigenvalue weighted by Crippen LogP contribution is 2.32. The van der Waals surface area contributed by atoms with Gasteiger partial charge in [-0.15, -0.1) is 0 Å². The van der Waals surface area contributed by atoms with Crippen LogP contribution in [0, 0.1) is 0 Å². The molecule has 5 nitrogen and oxygen atoms in total. The fourth-order valence-corrected chi connectivity index (χ4v) is 3.08. The van der Waals surface area contributed by atoms with Gasteiger partial charge in [-0.25, -0.2) is 0 Å². The van der Waals surface area contributed by atoms with E-state index in [-0.39, 0.29) is 22.1 Å². The molecule has 0 spiro atoms. The minimum absolute atomic E-state index is 0.00307. The van der Waals surface area contributed by atoms with Crippen LogP contribution in [0.1, 0.15) is 44.6 Å². The van der Waals surface area contributed by atoms with Gasteiger partial charge in [0.2, 0.25) is 0 Å². The molecular weight excluding hydrogens is 340 g/mol. The molecule has 0 unspecified atom stereocenters. The first kappa shape index (κ1) is 19.3. The second kappa shape index (κ2) is 8.87. The summed E-state index contributed by atoms with van der Waals surface area (Å²) in [5, 5.41) is 10.1. The molecule has 0 bridgehead atoms. The van der Waals surface area contributed by atoms with Gasteiger partial charge in [-0.3, -0.25) is 4.55 Å². The highest BCUT2D eigenvalue weighted by Gasteiger charge is 2.11. The zero-order valence-corrected chi connectivity index (χ0v) is 15.1. The van der Waals surface area contributed by atoms with Crippen LogP contribution < -0.4 is 4.74 Å². The van der Waals surface area contributed by atoms with E-state index in [0.29, 0.717) is 0 Å². The zero-order chi connectivity index (χ0) is 18.3. The molecule has 2 aromatic carbocycles. The Bertz CT molecular complexity index is 799. The van der Waals surface area contributed by atoms with Crippen molar-refractivity contribution in [3.05, 3.63) is 48.0 Å². The first-order valence-electron chi connectivity index (χ1n) is 8.47. The molecule has 2 aromatic rings. The average molecular weight is 364 g/mol. The summed E-state index contributed by atoms with van der Waals surface area (Å²) in [5.74, 6) is 0.461. The van der Waals surface area contributed by atoms with Crippen molar-refractivity contribution in [3.63, 3.8) is 0 Å². The highest BCUT2D eigenvalue weighted by molar-refractivity contribution is 7.85. The number of ether oxygens (including phenoxy) is 1. The Labute approximate surface area is 149 Å². The van der Waals surface area contributed by atoms with E-state index in [1.165, 1.54) is 43.9 Å². The predicted molar refractivity (Wildman–Crippen MR) is 96.9 cm³/mol. The van der Waals surface area contributed by atoms with Gasteiger partial charge in [0.15, 0.2) is 11.5 Å². The lowest BCUT2D eigenvalue weighted by Crippen LogP contribution is -1.98. The van der Waals surface area contributed by atoms with Crippen molar-refractivity contribution < 1.29 is 22.8 Å². The third-order valence-corrected chi connectivity index (χ3v) is 4.77. The number of phenolic OH excluding ortho intramolecular Hbond substituents is 1. The molecule has 0 fully saturated rings. The summed E-state index contributed by atoms with van der Waals surface area (Å²) >= 11 is 0. The minimum Gasteiger partial charge on any atom is -0.504 e. The Balaban J connectivity index is 2.01. The molecule has 0 saturated heterocycles. The maximum Gasteiger partial charge on any atom is 0.294 e. The van der Waals surface area contributed by atoms with E-state index in [1.54, 1.807) is 18.2 Å². The number of rotatable bonds is 9. The van der Waals surface area contributed by atoms with Gasteiger partial charge >= 0.3 is 0 Å². The van der Waals surface area contributed by atoms with E-state index < -0.39 is 10.1 Å². The molecule has 0 aliphatic rings. The molecule has 0 aliphatic heterocycles. The lowest BCUT2D eigenvalue weighted by atomic mass is 10.1. The van der Waals surface area contributed by atoms with E-state index in [0.717, 1.165) is 18.4 Å². The number of benzene rings is 2. The van der Waals surface area contributed by atoms with Crippen molar-refractivity contribution in [2.24, 2.45) is 0 Å². The quantitative estimate of drug-likeness (QED) is 0.486. The van der Waals surface area contributed by atoms with Gasteiger partial charge in [-0.2, -0.15) is 8.42 Å². The Kier molecular flexibility index (Phi) is 6.84. The lowest BCUT2D eigenvalue weighted by Gasteiger charge is -2.10. The molecule has 6 heteroatoms. The molecule has 0 aromatic heterocycles. The highest BCUT2D eigenvalue weighted by atomic mass is 32.2. The lowest BCUT2D eigenvalue weighted by molar-refractivity contribution is 0.409. The van der Waals surface area contributed by atoms with Crippen LogP contribution in [0.25, 0.3) is 0 Å². The molecular formula is C19H24O5S. The maximum atomic E-state index is 11.2. The summed E-state index contributed by atoms with van der Waals surface area (Å²) < 4.78 is 36.9. The van der Waals surface area contributed by atoms with Crippen LogP contribution >= 0.6 is 0 Å². The summed E-state index contributed by atoms with van der Waals surface area (Å²) in [5.41, 5.74) is 1.04. The van der Waals surface area contributed by atoms with Gasteiger partial charge in [0.1, 0.15) is 5.75 Å². The molecule has 25 heavy (non-hydrogen) atoms. The van der Waals surface area contributed by atoms with Crippen molar-refractivity contribution in [3.8, 4) is 17.2 Å². The summed E-state index contributed by atoms with van der Waals surface area (Å²) in [6.07, 6.45) is 6.85. The molecule has 2 N–H and O–H groups in total. The fourth-order valence-electron chi connectivity index (χ4n) is 2.56. The molecule has 0 amide bonds. The molecule has 0 aliphatic carbocycles. The fraction of sp³-hybridized carbons (Fsp3) is 0.368. The van der Waals surface area contributed by atoms with Crippen LogP contribution in [0.15, 0.2) is 47.4 Å². The second-order valence-corrected chi connectivity index (χ2v) is 7.44. The van der Waals surface area contributed by atoms with Crippen molar-refractivity contribution in [1.29, 1.82) is 0 Å². The van der Waals surface area contributed by atoms with Crippen LogP contribution in [-0.4, -0.2) is 18.1 Å². The molecule has 0 radical (unpaired) electrons. The largest absolute Gasteiger partial charge is 0.504 e. The third kappa shape index (κ3) is 6.07. The van der Waals surface area contributed by atoms with Gasteiger partial charge < -0.3 is 9.84 Å². The van der Waals surface area contributed by atoms with Crippen molar-refractivity contribution in [1.82, 2.24) is 0 Å². The number of hydrogen-bond donors (Lipinski definition) is 2. The number of hydrogen-bond acceptors (Lipinski definition) is 4. The second-order valence-electron chi connectivity index (χ2n) is 6.02. The van der Waals surface area contributed by atoms with E-state index in [4.69, 9.17) is 9.29 Å². The predicted octanol–water partition coefficient (Wildman–Crippen LogP) is 4.94. The normalized spacial score (nSPS) is 11.4. The Morgan fingerprint density at radius 1 is 1.00 bits per heavy atom. The Hall–Kier alpha value is -2.05. The number of aromatic hydroxyl groups is 1. The Morgan fingerprint density at radius 3 is 2.44 bits per heavy atom. The number of phenols is 1. The minimum atomic E-state index is -4.29. The summed E-state index contributed by atoms with van der Waals surface area (Å²) in [4.78, 5) is -0.256. The SMILES string of the molecule is CCCCCCCc1ccc(Oc2cccc(S(=O)(=O)O)c2)c(O)c1. The van der Waals surface area contributed by atoms with Gasteiger partial charge in [-0.05, 0) is 42.7 Å².